The Morgan fingerprint density at radius 2 is 1.20 bits per heavy atom. The van der Waals surface area contributed by atoms with E-state index >= 15 is 0 Å². The van der Waals surface area contributed by atoms with E-state index in [4.69, 9.17) is 0 Å². The third-order valence-corrected chi connectivity index (χ3v) is 0. The molecule has 0 aromatic carbocycles. The van der Waals surface area contributed by atoms with Gasteiger partial charge in [-0.05, 0) is 0 Å². The van der Waals surface area contributed by atoms with Crippen molar-refractivity contribution in [1.82, 2.24) is 0 Å². The monoisotopic (exact) mass is 112 g/mol. The molecule has 0 bridgehead atoms. The zero-order valence-electron chi connectivity index (χ0n) is 3.26. The molecular formula is CH6F2Si2. The summed E-state index contributed by atoms with van der Waals surface area (Å²) in [6, 6.07) is 0. The van der Waals surface area contributed by atoms with E-state index in [2.05, 4.69) is 0 Å². The molecule has 0 radical (unpaired) electrons. The van der Waals surface area contributed by atoms with Crippen molar-refractivity contribution in [3.8, 4) is 0 Å². The first kappa shape index (κ1) is 5.29. The van der Waals surface area contributed by atoms with Crippen LogP contribution in [0.15, 0.2) is 0 Å². The van der Waals surface area contributed by atoms with E-state index < -0.39 is 5.17 Å². The maximum Gasteiger partial charge on any atom is 0.194 e. The van der Waals surface area contributed by atoms with Crippen LogP contribution < -0.4 is 0 Å². The molecule has 0 aliphatic rings. The summed E-state index contributed by atoms with van der Waals surface area (Å²) in [4.78, 5) is 0. The molecule has 0 atom stereocenters. The van der Waals surface area contributed by atoms with Gasteiger partial charge in [-0.25, -0.2) is 8.78 Å². The molecule has 0 aromatic rings. The average Bonchev–Trinajstić information content (AvgIpc) is 0.722. The normalized spacial score (nSPS) is 13.2. The molecule has 0 heterocycles. The topological polar surface area (TPSA) is 0 Å². The van der Waals surface area contributed by atoms with Gasteiger partial charge in [0.25, 0.3) is 0 Å². The summed E-state index contributed by atoms with van der Waals surface area (Å²) in [5, 5.41) is -2.22. The van der Waals surface area contributed by atoms with Crippen molar-refractivity contribution in [3.63, 3.8) is 0 Å². The Bertz CT molecular complexity index is 23.1. The lowest BCUT2D eigenvalue weighted by Crippen LogP contribution is -2.13. The fourth-order valence-electron chi connectivity index (χ4n) is 0. The molecule has 0 aliphatic carbocycles. The van der Waals surface area contributed by atoms with Gasteiger partial charge in [0, 0.05) is 0 Å². The molecule has 0 saturated carbocycles. The van der Waals surface area contributed by atoms with E-state index in [1.807, 2.05) is 0 Å². The van der Waals surface area contributed by atoms with Crippen LogP contribution in [0, 0.1) is 0 Å². The summed E-state index contributed by atoms with van der Waals surface area (Å²) in [5.41, 5.74) is 0. The highest BCUT2D eigenvalue weighted by atomic mass is 28.2. The molecular weight excluding hydrogens is 106 g/mol. The number of halogens is 2. The third kappa shape index (κ3) is 262. The van der Waals surface area contributed by atoms with E-state index in [1.165, 1.54) is 0 Å². The van der Waals surface area contributed by atoms with Gasteiger partial charge >= 0.3 is 0 Å². The van der Waals surface area contributed by atoms with E-state index in [-0.39, 0.29) is 20.5 Å². The lowest BCUT2D eigenvalue weighted by Gasteiger charge is -1.95. The van der Waals surface area contributed by atoms with Crippen molar-refractivity contribution in [1.29, 1.82) is 0 Å². The van der Waals surface area contributed by atoms with Crippen LogP contribution in [0.25, 0.3) is 0 Å². The second kappa shape index (κ2) is 1.18. The number of rotatable bonds is 0. The molecule has 0 aliphatic heterocycles. The van der Waals surface area contributed by atoms with Crippen molar-refractivity contribution in [2.75, 3.05) is 0 Å². The minimum absolute atomic E-state index is 0.0363. The quantitative estimate of drug-likeness (QED) is 0.327. The second-order valence-corrected chi connectivity index (χ2v) is 6.84. The van der Waals surface area contributed by atoms with E-state index in [0.717, 1.165) is 0 Å². The van der Waals surface area contributed by atoms with Crippen LogP contribution in [0.2, 0.25) is 0 Å². The van der Waals surface area contributed by atoms with Crippen LogP contribution in [0.1, 0.15) is 0 Å². The summed E-state index contributed by atoms with van der Waals surface area (Å²) in [6.45, 7) is 0. The molecule has 4 heteroatoms. The summed E-state index contributed by atoms with van der Waals surface area (Å²) in [5.74, 6) is 0. The molecule has 0 fully saturated rings. The highest BCUT2D eigenvalue weighted by Gasteiger charge is 2.07. The Balaban J connectivity index is 3.02. The minimum Gasteiger partial charge on any atom is -0.219 e. The first-order valence-electron chi connectivity index (χ1n) is 1.38. The molecule has 0 aromatic heterocycles. The zero-order valence-corrected chi connectivity index (χ0v) is 7.26. The van der Waals surface area contributed by atoms with Crippen LogP contribution in [0.3, 0.4) is 0 Å². The van der Waals surface area contributed by atoms with Crippen molar-refractivity contribution >= 4 is 20.5 Å². The summed E-state index contributed by atoms with van der Waals surface area (Å²) in [6.07, 6.45) is 0. The maximum absolute atomic E-state index is 11.1. The molecule has 0 saturated heterocycles. The fourth-order valence-corrected chi connectivity index (χ4v) is 0. The van der Waals surface area contributed by atoms with Gasteiger partial charge in [-0.15, -0.1) is 0 Å². The van der Waals surface area contributed by atoms with Crippen molar-refractivity contribution < 1.29 is 8.78 Å². The van der Waals surface area contributed by atoms with E-state index in [0.29, 0.717) is 0 Å². The number of alkyl halides is 2. The van der Waals surface area contributed by atoms with Gasteiger partial charge in [-0.2, -0.15) is 0 Å². The molecule has 0 amide bonds. The third-order valence-electron chi connectivity index (χ3n) is 0. The molecule has 0 rings (SSSR count). The Hall–Kier alpha value is 0.294. The zero-order chi connectivity index (χ0) is 4.50. The van der Waals surface area contributed by atoms with Gasteiger partial charge in [0.2, 0.25) is 0 Å². The summed E-state index contributed by atoms with van der Waals surface area (Å²) >= 11 is 0. The van der Waals surface area contributed by atoms with Crippen molar-refractivity contribution in [2.24, 2.45) is 0 Å². The fraction of sp³-hybridized carbons (Fsp3) is 1.00. The highest BCUT2D eigenvalue weighted by molar-refractivity contribution is 6.37. The standard InChI is InChI=1S/CH6F2Si2/c2-1(3,4)5/h4-5H3. The van der Waals surface area contributed by atoms with Crippen LogP contribution in [-0.2, 0) is 0 Å². The molecule has 0 spiro atoms. The van der Waals surface area contributed by atoms with Gasteiger partial charge < -0.3 is 0 Å². The summed E-state index contributed by atoms with van der Waals surface area (Å²) in [7, 11) is 0.0725. The highest BCUT2D eigenvalue weighted by Crippen LogP contribution is 1.96. The first-order chi connectivity index (χ1) is 2.00. The Kier molecular flexibility index (Phi) is 1.25. The Morgan fingerprint density at radius 3 is 1.20 bits per heavy atom. The van der Waals surface area contributed by atoms with Crippen LogP contribution in [0.5, 0.6) is 0 Å². The van der Waals surface area contributed by atoms with E-state index in [1.54, 1.807) is 0 Å². The van der Waals surface area contributed by atoms with Gasteiger partial charge in [0.1, 0.15) is 0 Å². The number of hydrogen-bond donors (Lipinski definition) is 0. The van der Waals surface area contributed by atoms with Crippen molar-refractivity contribution in [3.05, 3.63) is 0 Å². The van der Waals surface area contributed by atoms with Crippen molar-refractivity contribution in [2.45, 2.75) is 5.17 Å². The lowest BCUT2D eigenvalue weighted by atomic mass is 11.6. The molecule has 5 heavy (non-hydrogen) atoms. The maximum atomic E-state index is 11.1. The second-order valence-electron chi connectivity index (χ2n) is 1.33. The van der Waals surface area contributed by atoms with Gasteiger partial charge in [0.05, 0.1) is 20.5 Å². The van der Waals surface area contributed by atoms with E-state index in [9.17, 15) is 8.78 Å². The summed E-state index contributed by atoms with van der Waals surface area (Å²) < 4.78 is 22.3. The molecule has 0 N–H and O–H groups in total. The van der Waals surface area contributed by atoms with Crippen LogP contribution in [0.4, 0.5) is 8.78 Å². The average molecular weight is 112 g/mol. The number of hydrogen-bond acceptors (Lipinski definition) is 0. The molecule has 0 unspecified atom stereocenters. The predicted octanol–water partition coefficient (Wildman–Crippen LogP) is -1.73. The van der Waals surface area contributed by atoms with Crippen LogP contribution >= 0.6 is 0 Å². The van der Waals surface area contributed by atoms with Gasteiger partial charge in [-0.3, -0.25) is 0 Å². The molecule has 0 nitrogen and oxygen atoms in total. The largest absolute Gasteiger partial charge is 0.219 e. The van der Waals surface area contributed by atoms with Gasteiger partial charge in [-0.1, -0.05) is 0 Å². The lowest BCUT2D eigenvalue weighted by molar-refractivity contribution is 0.192. The Labute approximate surface area is 35.4 Å². The van der Waals surface area contributed by atoms with Gasteiger partial charge in [0.15, 0.2) is 5.17 Å². The Morgan fingerprint density at radius 1 is 1.20 bits per heavy atom. The SMILES string of the molecule is FC(F)([SiH3])[SiH3]. The minimum atomic E-state index is -2.22. The van der Waals surface area contributed by atoms with Crippen LogP contribution in [-0.4, -0.2) is 25.7 Å². The smallest absolute Gasteiger partial charge is 0.194 e. The first-order valence-corrected chi connectivity index (χ1v) is 3.38. The predicted molar refractivity (Wildman–Crippen MR) is 24.8 cm³/mol. The molecule has 32 valence electrons.